The van der Waals surface area contributed by atoms with Gasteiger partial charge in [-0.1, -0.05) is 59.4 Å². The third-order valence-electron chi connectivity index (χ3n) is 3.53. The first-order chi connectivity index (χ1) is 9.28. The number of hydrogen-bond acceptors (Lipinski definition) is 4. The van der Waals surface area contributed by atoms with E-state index in [2.05, 4.69) is 31.4 Å². The average Bonchev–Trinajstić information content (AvgIpc) is 2.85. The number of hydrogen-bond donors (Lipinski definition) is 1. The van der Waals surface area contributed by atoms with E-state index in [0.717, 1.165) is 29.1 Å². The van der Waals surface area contributed by atoms with Crippen LogP contribution < -0.4 is 5.32 Å². The second kappa shape index (κ2) is 7.94. The zero-order valence-electron chi connectivity index (χ0n) is 11.0. The summed E-state index contributed by atoms with van der Waals surface area (Å²) in [7, 11) is 0. The monoisotopic (exact) mass is 345 g/mol. The number of rotatable bonds is 6. The van der Waals surface area contributed by atoms with E-state index in [9.17, 15) is 4.79 Å². The molecule has 1 fully saturated rings. The summed E-state index contributed by atoms with van der Waals surface area (Å²) in [4.78, 5) is 11.8. The molecule has 0 aliphatic heterocycles. The van der Waals surface area contributed by atoms with E-state index < -0.39 is 0 Å². The van der Waals surface area contributed by atoms with Crippen molar-refractivity contribution in [3.05, 3.63) is 5.01 Å². The third-order valence-corrected chi connectivity index (χ3v) is 4.82. The summed E-state index contributed by atoms with van der Waals surface area (Å²) in [6.07, 6.45) is 9.09. The summed E-state index contributed by atoms with van der Waals surface area (Å²) in [5.74, 6) is 0.824. The maximum absolute atomic E-state index is 11.8. The predicted octanol–water partition coefficient (Wildman–Crippen LogP) is 3.77. The fraction of sp³-hybridized carbons (Fsp3) is 0.769. The Hall–Kier alpha value is -0.490. The van der Waals surface area contributed by atoms with Crippen molar-refractivity contribution in [2.45, 2.75) is 51.4 Å². The largest absolute Gasteiger partial charge is 0.301 e. The summed E-state index contributed by atoms with van der Waals surface area (Å²) in [6.45, 7) is 0. The van der Waals surface area contributed by atoms with Crippen LogP contribution in [0.1, 0.15) is 50.0 Å². The zero-order chi connectivity index (χ0) is 13.5. The second-order valence-electron chi connectivity index (χ2n) is 5.03. The molecule has 106 valence electrons. The summed E-state index contributed by atoms with van der Waals surface area (Å²) in [6, 6.07) is 0. The molecule has 0 radical (unpaired) electrons. The number of carbonyl (C=O) groups is 1. The molecule has 2 rings (SSSR count). The Morgan fingerprint density at radius 3 is 2.84 bits per heavy atom. The van der Waals surface area contributed by atoms with Crippen LogP contribution in [-0.2, 0) is 11.2 Å². The molecule has 1 aliphatic carbocycles. The minimum Gasteiger partial charge on any atom is -0.301 e. The normalized spacial score (nSPS) is 16.5. The molecule has 1 saturated carbocycles. The lowest BCUT2D eigenvalue weighted by molar-refractivity contribution is -0.116. The number of nitrogens with zero attached hydrogens (tertiary/aromatic N) is 2. The Kier molecular flexibility index (Phi) is 6.23. The molecule has 1 heterocycles. The van der Waals surface area contributed by atoms with Crippen LogP contribution in [0.3, 0.4) is 0 Å². The molecular formula is C13H20BrN3OS. The van der Waals surface area contributed by atoms with Gasteiger partial charge in [-0.05, 0) is 12.3 Å². The van der Waals surface area contributed by atoms with Gasteiger partial charge in [0.25, 0.3) is 0 Å². The molecule has 4 nitrogen and oxygen atoms in total. The number of anilines is 1. The maximum Gasteiger partial charge on any atom is 0.226 e. The van der Waals surface area contributed by atoms with Gasteiger partial charge in [0.05, 0.1) is 0 Å². The molecule has 0 saturated heterocycles. The van der Waals surface area contributed by atoms with Crippen molar-refractivity contribution in [2.75, 3.05) is 10.6 Å². The van der Waals surface area contributed by atoms with Gasteiger partial charge in [0.2, 0.25) is 11.0 Å². The minimum atomic E-state index is 0.0760. The Labute approximate surface area is 126 Å². The highest BCUT2D eigenvalue weighted by atomic mass is 79.9. The number of carbonyl (C=O) groups excluding carboxylic acids is 1. The van der Waals surface area contributed by atoms with Crippen molar-refractivity contribution >= 4 is 38.3 Å². The van der Waals surface area contributed by atoms with Crippen LogP contribution in [0.15, 0.2) is 0 Å². The number of aryl methyl sites for hydroxylation is 1. The summed E-state index contributed by atoms with van der Waals surface area (Å²) >= 11 is 4.83. The SMILES string of the molecule is O=C(CCC1CCCCC1)Nc1nnc(CCBr)s1. The van der Waals surface area contributed by atoms with Gasteiger partial charge in [-0.3, -0.25) is 4.79 Å². The zero-order valence-corrected chi connectivity index (χ0v) is 13.4. The molecule has 0 bridgehead atoms. The van der Waals surface area contributed by atoms with Gasteiger partial charge in [0.1, 0.15) is 5.01 Å². The van der Waals surface area contributed by atoms with E-state index in [0.29, 0.717) is 11.6 Å². The first-order valence-electron chi connectivity index (χ1n) is 6.96. The fourth-order valence-electron chi connectivity index (χ4n) is 2.48. The van der Waals surface area contributed by atoms with Gasteiger partial charge in [-0.15, -0.1) is 10.2 Å². The van der Waals surface area contributed by atoms with Crippen LogP contribution in [0.25, 0.3) is 0 Å². The van der Waals surface area contributed by atoms with Gasteiger partial charge in [-0.2, -0.15) is 0 Å². The highest BCUT2D eigenvalue weighted by molar-refractivity contribution is 9.09. The van der Waals surface area contributed by atoms with E-state index in [1.54, 1.807) is 0 Å². The first kappa shape index (κ1) is 14.9. The first-order valence-corrected chi connectivity index (χ1v) is 8.90. The molecule has 0 aromatic carbocycles. The smallest absolute Gasteiger partial charge is 0.226 e. The topological polar surface area (TPSA) is 54.9 Å². The van der Waals surface area contributed by atoms with Crippen LogP contribution in [0, 0.1) is 5.92 Å². The number of amides is 1. The van der Waals surface area contributed by atoms with Crippen LogP contribution in [0.5, 0.6) is 0 Å². The average molecular weight is 346 g/mol. The van der Waals surface area contributed by atoms with Crippen LogP contribution in [0.4, 0.5) is 5.13 Å². The lowest BCUT2D eigenvalue weighted by Crippen LogP contribution is -2.14. The quantitative estimate of drug-likeness (QED) is 0.798. The summed E-state index contributed by atoms with van der Waals surface area (Å²) < 4.78 is 0. The molecule has 1 aromatic heterocycles. The van der Waals surface area contributed by atoms with Crippen molar-refractivity contribution in [3.8, 4) is 0 Å². The van der Waals surface area contributed by atoms with E-state index >= 15 is 0 Å². The van der Waals surface area contributed by atoms with Gasteiger partial charge in [0, 0.05) is 18.2 Å². The maximum atomic E-state index is 11.8. The molecule has 0 spiro atoms. The van der Waals surface area contributed by atoms with Gasteiger partial charge >= 0.3 is 0 Å². The van der Waals surface area contributed by atoms with E-state index in [1.807, 2.05) is 0 Å². The highest BCUT2D eigenvalue weighted by Gasteiger charge is 2.15. The molecule has 1 amide bonds. The van der Waals surface area contributed by atoms with Gasteiger partial charge in [0.15, 0.2) is 0 Å². The molecule has 1 aliphatic rings. The number of aromatic nitrogens is 2. The molecular weight excluding hydrogens is 326 g/mol. The summed E-state index contributed by atoms with van der Waals surface area (Å²) in [5.41, 5.74) is 0. The Balaban J connectivity index is 1.70. The summed E-state index contributed by atoms with van der Waals surface area (Å²) in [5, 5.41) is 13.3. The Morgan fingerprint density at radius 1 is 1.32 bits per heavy atom. The van der Waals surface area contributed by atoms with Gasteiger partial charge in [-0.25, -0.2) is 0 Å². The Bertz CT molecular complexity index is 404. The molecule has 1 aromatic rings. The lowest BCUT2D eigenvalue weighted by atomic mass is 9.86. The van der Waals surface area contributed by atoms with Crippen molar-refractivity contribution in [2.24, 2.45) is 5.92 Å². The van der Waals surface area contributed by atoms with Crippen LogP contribution >= 0.6 is 27.3 Å². The predicted molar refractivity (Wildman–Crippen MR) is 81.8 cm³/mol. The molecule has 0 atom stereocenters. The highest BCUT2D eigenvalue weighted by Crippen LogP contribution is 2.27. The van der Waals surface area contributed by atoms with Crippen molar-refractivity contribution in [3.63, 3.8) is 0 Å². The molecule has 0 unspecified atom stereocenters. The second-order valence-corrected chi connectivity index (χ2v) is 6.89. The van der Waals surface area contributed by atoms with Gasteiger partial charge < -0.3 is 5.32 Å². The molecule has 19 heavy (non-hydrogen) atoms. The fourth-order valence-corrected chi connectivity index (χ4v) is 3.87. The standard InChI is InChI=1S/C13H20BrN3OS/c14-9-8-12-16-17-13(19-12)15-11(18)7-6-10-4-2-1-3-5-10/h10H,1-9H2,(H,15,17,18). The third kappa shape index (κ3) is 5.18. The number of nitrogens with one attached hydrogen (secondary N) is 1. The Morgan fingerprint density at radius 2 is 2.11 bits per heavy atom. The number of alkyl halides is 1. The van der Waals surface area contributed by atoms with Crippen LogP contribution in [-0.4, -0.2) is 21.4 Å². The molecule has 1 N–H and O–H groups in total. The van der Waals surface area contributed by atoms with E-state index in [-0.39, 0.29) is 5.91 Å². The van der Waals surface area contributed by atoms with Crippen molar-refractivity contribution < 1.29 is 4.79 Å². The minimum absolute atomic E-state index is 0.0760. The molecule has 6 heteroatoms. The van der Waals surface area contributed by atoms with Crippen molar-refractivity contribution in [1.82, 2.24) is 10.2 Å². The van der Waals surface area contributed by atoms with Crippen LogP contribution in [0.2, 0.25) is 0 Å². The van der Waals surface area contributed by atoms with E-state index in [4.69, 9.17) is 0 Å². The van der Waals surface area contributed by atoms with E-state index in [1.165, 1.54) is 43.4 Å². The lowest BCUT2D eigenvalue weighted by Gasteiger charge is -2.20. The number of halogens is 1. The van der Waals surface area contributed by atoms with Crippen molar-refractivity contribution in [1.29, 1.82) is 0 Å².